The van der Waals surface area contributed by atoms with E-state index < -0.39 is 0 Å². The third-order valence-electron chi connectivity index (χ3n) is 1.46. The number of anilines is 1. The average molecular weight is 215 g/mol. The van der Waals surface area contributed by atoms with E-state index in [1.807, 2.05) is 13.0 Å². The smallest absolute Gasteiger partial charge is 0.239 e. The maximum Gasteiger partial charge on any atom is 0.239 e. The lowest BCUT2D eigenvalue weighted by Gasteiger charge is -1.99. The molecule has 0 spiro atoms. The Morgan fingerprint density at radius 1 is 1.73 bits per heavy atom. The van der Waals surface area contributed by atoms with Gasteiger partial charge in [0.2, 0.25) is 5.88 Å². The van der Waals surface area contributed by atoms with E-state index in [1.165, 1.54) is 0 Å². The van der Waals surface area contributed by atoms with Crippen LogP contribution in [0.25, 0.3) is 0 Å². The number of rotatable bonds is 0. The first kappa shape index (κ1) is 6.91. The summed E-state index contributed by atoms with van der Waals surface area (Å²) in [4.78, 5) is 4.08. The van der Waals surface area contributed by atoms with Crippen molar-refractivity contribution >= 4 is 21.6 Å². The molecule has 1 unspecified atom stereocenters. The highest BCUT2D eigenvalue weighted by Gasteiger charge is 2.18. The molecular weight excluding hydrogens is 208 g/mol. The molecule has 3 nitrogen and oxygen atoms in total. The molecule has 58 valence electrons. The Balaban J connectivity index is 2.43. The highest BCUT2D eigenvalue weighted by Crippen LogP contribution is 2.30. The zero-order valence-electron chi connectivity index (χ0n) is 5.97. The predicted octanol–water partition coefficient (Wildman–Crippen LogP) is 1.99. The standard InChI is InChI=1S/C7H7BrN2O/c1-4-10-6-2-5(8)3-9-7(6)11-4/h2-4,10H,1H3. The minimum absolute atomic E-state index is 0.0341. The molecule has 0 aliphatic carbocycles. The SMILES string of the molecule is CC1Nc2cc(Br)cnc2O1. The number of halogens is 1. The van der Waals surface area contributed by atoms with Crippen molar-refractivity contribution in [2.24, 2.45) is 0 Å². The van der Waals surface area contributed by atoms with Crippen LogP contribution >= 0.6 is 15.9 Å². The van der Waals surface area contributed by atoms with Crippen molar-refractivity contribution < 1.29 is 4.74 Å². The zero-order chi connectivity index (χ0) is 7.84. The number of ether oxygens (including phenoxy) is 1. The fourth-order valence-electron chi connectivity index (χ4n) is 1.04. The average Bonchev–Trinajstić information content (AvgIpc) is 2.27. The van der Waals surface area contributed by atoms with Crippen molar-refractivity contribution in [3.8, 4) is 5.88 Å². The monoisotopic (exact) mass is 214 g/mol. The van der Waals surface area contributed by atoms with E-state index >= 15 is 0 Å². The van der Waals surface area contributed by atoms with E-state index in [2.05, 4.69) is 26.2 Å². The molecule has 1 N–H and O–H groups in total. The van der Waals surface area contributed by atoms with Gasteiger partial charge in [0, 0.05) is 10.7 Å². The highest BCUT2D eigenvalue weighted by atomic mass is 79.9. The second-order valence-corrected chi connectivity index (χ2v) is 3.33. The maximum atomic E-state index is 5.32. The van der Waals surface area contributed by atoms with Crippen molar-refractivity contribution in [1.29, 1.82) is 0 Å². The first-order chi connectivity index (χ1) is 5.25. The van der Waals surface area contributed by atoms with Crippen LogP contribution in [0.2, 0.25) is 0 Å². The molecule has 0 saturated carbocycles. The van der Waals surface area contributed by atoms with Gasteiger partial charge in [-0.2, -0.15) is 0 Å². The molecule has 2 rings (SSSR count). The molecule has 0 fully saturated rings. The summed E-state index contributed by atoms with van der Waals surface area (Å²) in [6, 6.07) is 1.95. The van der Waals surface area contributed by atoms with Crippen LogP contribution in [0.4, 0.5) is 5.69 Å². The number of hydrogen-bond donors (Lipinski definition) is 1. The van der Waals surface area contributed by atoms with E-state index in [1.54, 1.807) is 6.20 Å². The van der Waals surface area contributed by atoms with E-state index in [4.69, 9.17) is 4.74 Å². The van der Waals surface area contributed by atoms with E-state index in [9.17, 15) is 0 Å². The Bertz CT molecular complexity index is 290. The molecule has 1 aromatic rings. The molecule has 1 atom stereocenters. The summed E-state index contributed by atoms with van der Waals surface area (Å²) < 4.78 is 6.28. The molecule has 0 aromatic carbocycles. The first-order valence-electron chi connectivity index (χ1n) is 3.34. The lowest BCUT2D eigenvalue weighted by Crippen LogP contribution is -2.13. The lowest BCUT2D eigenvalue weighted by molar-refractivity contribution is 0.265. The minimum atomic E-state index is 0.0341. The molecule has 2 heterocycles. The van der Waals surface area contributed by atoms with Crippen molar-refractivity contribution in [2.45, 2.75) is 13.2 Å². The van der Waals surface area contributed by atoms with Crippen LogP contribution < -0.4 is 10.1 Å². The third-order valence-corrected chi connectivity index (χ3v) is 1.90. The summed E-state index contributed by atoms with van der Waals surface area (Å²) in [5.74, 6) is 0.681. The van der Waals surface area contributed by atoms with Gasteiger partial charge in [0.25, 0.3) is 0 Å². The molecular formula is C7H7BrN2O. The van der Waals surface area contributed by atoms with Crippen LogP contribution in [-0.2, 0) is 0 Å². The Morgan fingerprint density at radius 3 is 3.36 bits per heavy atom. The van der Waals surface area contributed by atoms with Gasteiger partial charge in [0.15, 0.2) is 6.23 Å². The molecule has 0 bridgehead atoms. The second kappa shape index (κ2) is 2.37. The summed E-state index contributed by atoms with van der Waals surface area (Å²) in [5, 5.41) is 3.12. The predicted molar refractivity (Wildman–Crippen MR) is 45.6 cm³/mol. The number of aromatic nitrogens is 1. The van der Waals surface area contributed by atoms with Gasteiger partial charge >= 0.3 is 0 Å². The molecule has 0 radical (unpaired) electrons. The van der Waals surface area contributed by atoms with Crippen LogP contribution in [0.1, 0.15) is 6.92 Å². The fraction of sp³-hybridized carbons (Fsp3) is 0.286. The molecule has 1 aromatic heterocycles. The normalized spacial score (nSPS) is 20.4. The van der Waals surface area contributed by atoms with Crippen molar-refractivity contribution in [1.82, 2.24) is 4.98 Å². The van der Waals surface area contributed by atoms with Gasteiger partial charge in [-0.25, -0.2) is 4.98 Å². The summed E-state index contributed by atoms with van der Waals surface area (Å²) in [7, 11) is 0. The number of nitrogens with zero attached hydrogens (tertiary/aromatic N) is 1. The maximum absolute atomic E-state index is 5.32. The van der Waals surface area contributed by atoms with Crippen molar-refractivity contribution in [3.05, 3.63) is 16.7 Å². The first-order valence-corrected chi connectivity index (χ1v) is 4.14. The molecule has 1 aliphatic rings. The summed E-state index contributed by atoms with van der Waals surface area (Å²) >= 11 is 3.33. The van der Waals surface area contributed by atoms with E-state index in [0.717, 1.165) is 10.2 Å². The van der Waals surface area contributed by atoms with Gasteiger partial charge in [0.05, 0.1) is 0 Å². The van der Waals surface area contributed by atoms with Gasteiger partial charge in [-0.05, 0) is 28.9 Å². The summed E-state index contributed by atoms with van der Waals surface area (Å²) in [5.41, 5.74) is 0.951. The largest absolute Gasteiger partial charge is 0.453 e. The number of nitrogens with one attached hydrogen (secondary N) is 1. The van der Waals surface area contributed by atoms with Crippen molar-refractivity contribution in [3.63, 3.8) is 0 Å². The molecule has 0 amide bonds. The van der Waals surface area contributed by atoms with Gasteiger partial charge < -0.3 is 10.1 Å². The van der Waals surface area contributed by atoms with Crippen LogP contribution in [0, 0.1) is 0 Å². The Labute approximate surface area is 72.9 Å². The lowest BCUT2D eigenvalue weighted by atomic mass is 10.4. The van der Waals surface area contributed by atoms with Gasteiger partial charge in [0.1, 0.15) is 5.69 Å². The van der Waals surface area contributed by atoms with Crippen LogP contribution in [-0.4, -0.2) is 11.2 Å². The van der Waals surface area contributed by atoms with E-state index in [0.29, 0.717) is 5.88 Å². The Morgan fingerprint density at radius 2 is 2.55 bits per heavy atom. The quantitative estimate of drug-likeness (QED) is 0.718. The summed E-state index contributed by atoms with van der Waals surface area (Å²) in [6.07, 6.45) is 1.75. The molecule has 11 heavy (non-hydrogen) atoms. The van der Waals surface area contributed by atoms with E-state index in [-0.39, 0.29) is 6.23 Å². The molecule has 1 aliphatic heterocycles. The van der Waals surface area contributed by atoms with Crippen LogP contribution in [0.15, 0.2) is 16.7 Å². The fourth-order valence-corrected chi connectivity index (χ4v) is 1.37. The summed E-state index contributed by atoms with van der Waals surface area (Å²) in [6.45, 7) is 1.94. The van der Waals surface area contributed by atoms with Crippen LogP contribution in [0.3, 0.4) is 0 Å². The van der Waals surface area contributed by atoms with Gasteiger partial charge in [-0.3, -0.25) is 0 Å². The minimum Gasteiger partial charge on any atom is -0.453 e. The second-order valence-electron chi connectivity index (χ2n) is 2.41. The molecule has 4 heteroatoms. The van der Waals surface area contributed by atoms with Crippen molar-refractivity contribution in [2.75, 3.05) is 5.32 Å². The topological polar surface area (TPSA) is 34.2 Å². The number of fused-ring (bicyclic) bond motifs is 1. The van der Waals surface area contributed by atoms with Gasteiger partial charge in [-0.1, -0.05) is 0 Å². The highest BCUT2D eigenvalue weighted by molar-refractivity contribution is 9.10. The zero-order valence-corrected chi connectivity index (χ0v) is 7.55. The third kappa shape index (κ3) is 1.18. The Hall–Kier alpha value is -0.770. The number of hydrogen-bond acceptors (Lipinski definition) is 3. The van der Waals surface area contributed by atoms with Crippen LogP contribution in [0.5, 0.6) is 5.88 Å². The molecule has 0 saturated heterocycles. The number of pyridine rings is 1. The van der Waals surface area contributed by atoms with Gasteiger partial charge in [-0.15, -0.1) is 0 Å². The Kier molecular flexibility index (Phi) is 1.49.